The average molecular weight is 357 g/mol. The summed E-state index contributed by atoms with van der Waals surface area (Å²) in [6.45, 7) is 0.423. The summed E-state index contributed by atoms with van der Waals surface area (Å²) in [5, 5.41) is 15.1. The number of nitrogens with one attached hydrogen (secondary N) is 2. The summed E-state index contributed by atoms with van der Waals surface area (Å²) >= 11 is 0. The monoisotopic (exact) mass is 357 g/mol. The predicted molar refractivity (Wildman–Crippen MR) is 106 cm³/mol. The van der Waals surface area contributed by atoms with Crippen molar-refractivity contribution in [2.24, 2.45) is 0 Å². The van der Waals surface area contributed by atoms with Gasteiger partial charge in [0.25, 0.3) is 0 Å². The molecule has 3 rings (SSSR count). The number of nitriles is 1. The molecule has 0 aliphatic carbocycles. The van der Waals surface area contributed by atoms with Gasteiger partial charge in [-0.1, -0.05) is 42.5 Å². The van der Waals surface area contributed by atoms with Crippen molar-refractivity contribution >= 4 is 17.3 Å². The van der Waals surface area contributed by atoms with Crippen LogP contribution in [0.5, 0.6) is 11.5 Å². The van der Waals surface area contributed by atoms with Crippen LogP contribution in [0.1, 0.15) is 12.0 Å². The number of para-hydroxylation sites is 4. The number of rotatable bonds is 7. The van der Waals surface area contributed by atoms with Crippen LogP contribution in [-0.4, -0.2) is 12.5 Å². The first-order valence-electron chi connectivity index (χ1n) is 8.61. The number of nitrogens with zero attached hydrogens (tertiary/aromatic N) is 1. The highest BCUT2D eigenvalue weighted by atomic mass is 16.5. The molecular weight excluding hydrogens is 338 g/mol. The third-order valence-electron chi connectivity index (χ3n) is 3.85. The number of ether oxygens (including phenoxy) is 1. The standard InChI is InChI=1S/C22H19N3O2/c23-16-17-8-4-5-11-19(17)24-15-14-22(26)25-20-12-6-7-13-21(20)27-18-9-2-1-3-10-18/h1-13,24H,14-15H2,(H,25,26). The van der Waals surface area contributed by atoms with Crippen molar-refractivity contribution in [3.05, 3.63) is 84.4 Å². The second-order valence-electron chi connectivity index (χ2n) is 5.79. The SMILES string of the molecule is N#Cc1ccccc1NCCC(=O)Nc1ccccc1Oc1ccccc1. The van der Waals surface area contributed by atoms with E-state index in [-0.39, 0.29) is 12.3 Å². The molecule has 0 saturated heterocycles. The summed E-state index contributed by atoms with van der Waals surface area (Å²) in [6, 6.07) is 26.0. The number of benzene rings is 3. The number of hydrogen-bond donors (Lipinski definition) is 2. The molecule has 0 radical (unpaired) electrons. The Labute approximate surface area is 158 Å². The molecule has 0 atom stereocenters. The van der Waals surface area contributed by atoms with Gasteiger partial charge in [-0.05, 0) is 36.4 Å². The van der Waals surface area contributed by atoms with Gasteiger partial charge in [-0.2, -0.15) is 5.26 Å². The van der Waals surface area contributed by atoms with Crippen LogP contribution in [0.3, 0.4) is 0 Å². The third-order valence-corrected chi connectivity index (χ3v) is 3.85. The van der Waals surface area contributed by atoms with E-state index < -0.39 is 0 Å². The second-order valence-corrected chi connectivity index (χ2v) is 5.79. The number of hydrogen-bond acceptors (Lipinski definition) is 4. The van der Waals surface area contributed by atoms with Gasteiger partial charge in [0, 0.05) is 13.0 Å². The molecule has 0 aromatic heterocycles. The lowest BCUT2D eigenvalue weighted by molar-refractivity contribution is -0.116. The van der Waals surface area contributed by atoms with Gasteiger partial charge in [-0.25, -0.2) is 0 Å². The Kier molecular flexibility index (Phi) is 6.05. The molecule has 134 valence electrons. The lowest BCUT2D eigenvalue weighted by Crippen LogP contribution is -2.16. The summed E-state index contributed by atoms with van der Waals surface area (Å²) in [5.74, 6) is 1.15. The summed E-state index contributed by atoms with van der Waals surface area (Å²) in [5.41, 5.74) is 1.89. The van der Waals surface area contributed by atoms with Crippen LogP contribution in [0.4, 0.5) is 11.4 Å². The van der Waals surface area contributed by atoms with Crippen LogP contribution < -0.4 is 15.4 Å². The highest BCUT2D eigenvalue weighted by Gasteiger charge is 2.09. The molecule has 3 aromatic carbocycles. The van der Waals surface area contributed by atoms with E-state index in [2.05, 4.69) is 16.7 Å². The van der Waals surface area contributed by atoms with Crippen LogP contribution in [0.2, 0.25) is 0 Å². The Balaban J connectivity index is 1.57. The zero-order valence-electron chi connectivity index (χ0n) is 14.7. The van der Waals surface area contributed by atoms with Crippen molar-refractivity contribution in [2.75, 3.05) is 17.2 Å². The molecule has 0 heterocycles. The van der Waals surface area contributed by atoms with Gasteiger partial charge >= 0.3 is 0 Å². The lowest BCUT2D eigenvalue weighted by atomic mass is 10.2. The Hall–Kier alpha value is -3.78. The Morgan fingerprint density at radius 2 is 1.56 bits per heavy atom. The fraction of sp³-hybridized carbons (Fsp3) is 0.0909. The Morgan fingerprint density at radius 3 is 2.33 bits per heavy atom. The molecule has 0 fully saturated rings. The number of anilines is 2. The van der Waals surface area contributed by atoms with Crippen molar-refractivity contribution in [3.63, 3.8) is 0 Å². The van der Waals surface area contributed by atoms with Gasteiger partial charge in [0.1, 0.15) is 11.8 Å². The van der Waals surface area contributed by atoms with Gasteiger partial charge in [0.15, 0.2) is 5.75 Å². The predicted octanol–water partition coefficient (Wildman–Crippen LogP) is 4.79. The molecule has 27 heavy (non-hydrogen) atoms. The van der Waals surface area contributed by atoms with Crippen LogP contribution in [0, 0.1) is 11.3 Å². The summed E-state index contributed by atoms with van der Waals surface area (Å²) in [7, 11) is 0. The largest absolute Gasteiger partial charge is 0.455 e. The van der Waals surface area contributed by atoms with E-state index in [0.717, 1.165) is 5.69 Å². The molecule has 5 heteroatoms. The van der Waals surface area contributed by atoms with Crippen molar-refractivity contribution in [1.29, 1.82) is 5.26 Å². The van der Waals surface area contributed by atoms with E-state index in [1.54, 1.807) is 18.2 Å². The van der Waals surface area contributed by atoms with Crippen molar-refractivity contribution in [1.82, 2.24) is 0 Å². The quantitative estimate of drug-likeness (QED) is 0.637. The van der Waals surface area contributed by atoms with E-state index in [1.807, 2.05) is 60.7 Å². The molecule has 0 saturated carbocycles. The van der Waals surface area contributed by atoms with Crippen molar-refractivity contribution < 1.29 is 9.53 Å². The van der Waals surface area contributed by atoms with Gasteiger partial charge in [0.05, 0.1) is 16.9 Å². The highest BCUT2D eigenvalue weighted by molar-refractivity contribution is 5.92. The zero-order chi connectivity index (χ0) is 18.9. The molecule has 0 aliphatic rings. The fourth-order valence-electron chi connectivity index (χ4n) is 2.53. The van der Waals surface area contributed by atoms with E-state index in [1.165, 1.54) is 0 Å². The lowest BCUT2D eigenvalue weighted by Gasteiger charge is -2.13. The zero-order valence-corrected chi connectivity index (χ0v) is 14.7. The van der Waals surface area contributed by atoms with E-state index >= 15 is 0 Å². The Bertz CT molecular complexity index is 949. The number of carbonyl (C=O) groups is 1. The Morgan fingerprint density at radius 1 is 0.889 bits per heavy atom. The van der Waals surface area contributed by atoms with Crippen LogP contribution in [0.15, 0.2) is 78.9 Å². The van der Waals surface area contributed by atoms with Crippen LogP contribution >= 0.6 is 0 Å². The van der Waals surface area contributed by atoms with Gasteiger partial charge < -0.3 is 15.4 Å². The maximum absolute atomic E-state index is 12.3. The van der Waals surface area contributed by atoms with E-state index in [9.17, 15) is 4.79 Å². The maximum Gasteiger partial charge on any atom is 0.226 e. The van der Waals surface area contributed by atoms with Gasteiger partial charge in [0.2, 0.25) is 5.91 Å². The number of carbonyl (C=O) groups excluding carboxylic acids is 1. The summed E-state index contributed by atoms with van der Waals surface area (Å²) < 4.78 is 5.85. The molecule has 5 nitrogen and oxygen atoms in total. The first-order valence-corrected chi connectivity index (χ1v) is 8.61. The van der Waals surface area contributed by atoms with Crippen LogP contribution in [0.25, 0.3) is 0 Å². The first kappa shape index (κ1) is 18.0. The fourth-order valence-corrected chi connectivity index (χ4v) is 2.53. The molecule has 3 aromatic rings. The van der Waals surface area contributed by atoms with Crippen molar-refractivity contribution in [3.8, 4) is 17.6 Å². The molecule has 0 bridgehead atoms. The first-order chi connectivity index (χ1) is 13.3. The average Bonchev–Trinajstić information content (AvgIpc) is 2.70. The minimum atomic E-state index is -0.138. The van der Waals surface area contributed by atoms with E-state index in [4.69, 9.17) is 10.00 Å². The molecule has 0 spiro atoms. The van der Waals surface area contributed by atoms with Gasteiger partial charge in [-0.15, -0.1) is 0 Å². The summed E-state index contributed by atoms with van der Waals surface area (Å²) in [4.78, 5) is 12.3. The third kappa shape index (κ3) is 5.10. The molecular formula is C22H19N3O2. The highest BCUT2D eigenvalue weighted by Crippen LogP contribution is 2.29. The second kappa shape index (κ2) is 9.07. The topological polar surface area (TPSA) is 74.2 Å². The summed E-state index contributed by atoms with van der Waals surface area (Å²) in [6.07, 6.45) is 0.263. The minimum Gasteiger partial charge on any atom is -0.455 e. The van der Waals surface area contributed by atoms with Crippen molar-refractivity contribution in [2.45, 2.75) is 6.42 Å². The van der Waals surface area contributed by atoms with E-state index in [0.29, 0.717) is 29.3 Å². The maximum atomic E-state index is 12.3. The number of amides is 1. The smallest absolute Gasteiger partial charge is 0.226 e. The minimum absolute atomic E-state index is 0.138. The molecule has 2 N–H and O–H groups in total. The normalized spacial score (nSPS) is 9.89. The molecule has 0 aliphatic heterocycles. The molecule has 0 unspecified atom stereocenters. The van der Waals surface area contributed by atoms with Gasteiger partial charge in [-0.3, -0.25) is 4.79 Å². The molecule has 1 amide bonds. The van der Waals surface area contributed by atoms with Crippen LogP contribution in [-0.2, 0) is 4.79 Å².